The van der Waals surface area contributed by atoms with E-state index >= 15 is 0 Å². The second-order valence-electron chi connectivity index (χ2n) is 5.21. The Balaban J connectivity index is 2.06. The fourth-order valence-electron chi connectivity index (χ4n) is 2.13. The third-order valence-corrected chi connectivity index (χ3v) is 4.47. The zero-order chi connectivity index (χ0) is 14.8. The molecule has 1 aromatic heterocycles. The maximum Gasteiger partial charge on any atom is 0.328 e. The van der Waals surface area contributed by atoms with Crippen LogP contribution in [0.4, 0.5) is 0 Å². The van der Waals surface area contributed by atoms with Crippen LogP contribution in [-0.4, -0.2) is 40.5 Å². The number of carbonyl (C=O) groups excluding carboxylic acids is 1. The molecular formula is C14H18N2O3S. The molecule has 1 saturated heterocycles. The second-order valence-corrected chi connectivity index (χ2v) is 6.41. The van der Waals surface area contributed by atoms with Crippen LogP contribution in [0.2, 0.25) is 0 Å². The summed E-state index contributed by atoms with van der Waals surface area (Å²) in [6.07, 6.45) is 2.72. The van der Waals surface area contributed by atoms with E-state index in [4.69, 9.17) is 5.11 Å². The summed E-state index contributed by atoms with van der Waals surface area (Å²) in [7, 11) is 0. The van der Waals surface area contributed by atoms with Gasteiger partial charge in [-0.05, 0) is 32.1 Å². The van der Waals surface area contributed by atoms with Crippen LogP contribution in [0.15, 0.2) is 18.2 Å². The van der Waals surface area contributed by atoms with E-state index in [0.29, 0.717) is 13.1 Å². The number of thiophene rings is 1. The van der Waals surface area contributed by atoms with Gasteiger partial charge in [0, 0.05) is 35.5 Å². The normalized spacial score (nSPS) is 19.2. The highest BCUT2D eigenvalue weighted by Crippen LogP contribution is 2.25. The number of nitrogens with zero attached hydrogens (tertiary/aromatic N) is 1. The van der Waals surface area contributed by atoms with Crippen molar-refractivity contribution >= 4 is 29.3 Å². The summed E-state index contributed by atoms with van der Waals surface area (Å²) in [5, 5.41) is 11.5. The van der Waals surface area contributed by atoms with Crippen molar-refractivity contribution in [2.75, 3.05) is 13.1 Å². The molecule has 0 radical (unpaired) electrons. The van der Waals surface area contributed by atoms with Crippen LogP contribution in [0.3, 0.4) is 0 Å². The number of nitrogens with one attached hydrogen (secondary N) is 1. The molecule has 108 valence electrons. The van der Waals surface area contributed by atoms with Crippen molar-refractivity contribution in [3.05, 3.63) is 28.0 Å². The summed E-state index contributed by atoms with van der Waals surface area (Å²) in [5.74, 6) is -0.903. The van der Waals surface area contributed by atoms with Gasteiger partial charge in [-0.15, -0.1) is 11.3 Å². The van der Waals surface area contributed by atoms with Gasteiger partial charge in [-0.25, -0.2) is 4.79 Å². The molecule has 0 saturated carbocycles. The number of amides is 1. The van der Waals surface area contributed by atoms with E-state index in [1.165, 1.54) is 0 Å². The van der Waals surface area contributed by atoms with Crippen LogP contribution in [0, 0.1) is 0 Å². The van der Waals surface area contributed by atoms with E-state index in [0.717, 1.165) is 22.4 Å². The molecule has 5 nitrogen and oxygen atoms in total. The van der Waals surface area contributed by atoms with Gasteiger partial charge in [0.2, 0.25) is 5.91 Å². The van der Waals surface area contributed by atoms with Crippen LogP contribution < -0.4 is 5.32 Å². The lowest BCUT2D eigenvalue weighted by molar-refractivity contribution is -0.135. The van der Waals surface area contributed by atoms with Gasteiger partial charge in [0.25, 0.3) is 0 Å². The Kier molecular flexibility index (Phi) is 4.25. The van der Waals surface area contributed by atoms with Gasteiger partial charge >= 0.3 is 5.97 Å². The molecule has 2 N–H and O–H groups in total. The van der Waals surface area contributed by atoms with Gasteiger partial charge in [-0.1, -0.05) is 0 Å². The van der Waals surface area contributed by atoms with Gasteiger partial charge in [-0.2, -0.15) is 0 Å². The predicted octanol–water partition coefficient (Wildman–Crippen LogP) is 1.56. The molecule has 0 unspecified atom stereocenters. The van der Waals surface area contributed by atoms with Crippen LogP contribution in [0.1, 0.15) is 23.6 Å². The average Bonchev–Trinajstić information content (AvgIpc) is 2.81. The number of hydrogen-bond acceptors (Lipinski definition) is 4. The zero-order valence-corrected chi connectivity index (χ0v) is 12.4. The fraction of sp³-hybridized carbons (Fsp3) is 0.429. The van der Waals surface area contributed by atoms with E-state index in [2.05, 4.69) is 10.2 Å². The molecule has 1 aliphatic heterocycles. The second kappa shape index (κ2) is 5.76. The molecule has 2 rings (SSSR count). The predicted molar refractivity (Wildman–Crippen MR) is 78.5 cm³/mol. The van der Waals surface area contributed by atoms with E-state index in [9.17, 15) is 9.59 Å². The number of carbonyl (C=O) groups is 2. The Morgan fingerprint density at radius 3 is 3.00 bits per heavy atom. The van der Waals surface area contributed by atoms with Crippen molar-refractivity contribution in [2.24, 2.45) is 0 Å². The molecule has 0 aliphatic carbocycles. The van der Waals surface area contributed by atoms with Crippen molar-refractivity contribution < 1.29 is 14.7 Å². The number of carboxylic acid groups (broad SMARTS) is 1. The molecule has 0 bridgehead atoms. The summed E-state index contributed by atoms with van der Waals surface area (Å²) in [6.45, 7) is 6.02. The minimum atomic E-state index is -0.950. The lowest BCUT2D eigenvalue weighted by Gasteiger charge is -2.40. The van der Waals surface area contributed by atoms with E-state index < -0.39 is 11.5 Å². The molecule has 20 heavy (non-hydrogen) atoms. The van der Waals surface area contributed by atoms with Gasteiger partial charge < -0.3 is 10.4 Å². The quantitative estimate of drug-likeness (QED) is 0.827. The molecule has 0 spiro atoms. The SMILES string of the molecule is CC1(C)C(=O)NCCN1Cc1ccc(C=CC(=O)O)s1. The molecule has 6 heteroatoms. The van der Waals surface area contributed by atoms with Crippen molar-refractivity contribution in [1.82, 2.24) is 10.2 Å². The molecule has 2 heterocycles. The third-order valence-electron chi connectivity index (χ3n) is 3.43. The van der Waals surface area contributed by atoms with Crippen LogP contribution >= 0.6 is 11.3 Å². The van der Waals surface area contributed by atoms with Gasteiger partial charge in [-0.3, -0.25) is 9.69 Å². The van der Waals surface area contributed by atoms with E-state index in [1.54, 1.807) is 17.4 Å². The molecule has 1 fully saturated rings. The summed E-state index contributed by atoms with van der Waals surface area (Å²) in [5.41, 5.74) is -0.515. The van der Waals surface area contributed by atoms with Gasteiger partial charge in [0.1, 0.15) is 0 Å². The topological polar surface area (TPSA) is 69.6 Å². The Morgan fingerprint density at radius 2 is 2.30 bits per heavy atom. The molecule has 0 atom stereocenters. The number of hydrogen-bond donors (Lipinski definition) is 2. The van der Waals surface area contributed by atoms with E-state index in [-0.39, 0.29) is 5.91 Å². The van der Waals surface area contributed by atoms with Gasteiger partial charge in [0.05, 0.1) is 5.54 Å². The first-order valence-corrected chi connectivity index (χ1v) is 7.24. The first kappa shape index (κ1) is 14.7. The maximum absolute atomic E-state index is 11.9. The number of piperazine rings is 1. The number of rotatable bonds is 4. The number of aliphatic carboxylic acids is 1. The summed E-state index contributed by atoms with van der Waals surface area (Å²) in [4.78, 5) is 26.5. The minimum absolute atomic E-state index is 0.0475. The van der Waals surface area contributed by atoms with Crippen LogP contribution in [-0.2, 0) is 16.1 Å². The molecule has 1 aromatic rings. The first-order valence-electron chi connectivity index (χ1n) is 6.42. The van der Waals surface area contributed by atoms with Crippen molar-refractivity contribution in [2.45, 2.75) is 25.9 Å². The third kappa shape index (κ3) is 3.26. The summed E-state index contributed by atoms with van der Waals surface area (Å²) >= 11 is 1.55. The monoisotopic (exact) mass is 294 g/mol. The number of carboxylic acids is 1. The molecule has 0 aromatic carbocycles. The van der Waals surface area contributed by atoms with E-state index in [1.807, 2.05) is 26.0 Å². The molecule has 1 amide bonds. The highest BCUT2D eigenvalue weighted by atomic mass is 32.1. The maximum atomic E-state index is 11.9. The van der Waals surface area contributed by atoms with Gasteiger partial charge in [0.15, 0.2) is 0 Å². The average molecular weight is 294 g/mol. The standard InChI is InChI=1S/C14H18N2O3S/c1-14(2)13(19)15-7-8-16(14)9-11-4-3-10(20-11)5-6-12(17)18/h3-6H,7-9H2,1-2H3,(H,15,19)(H,17,18). The van der Waals surface area contributed by atoms with Crippen molar-refractivity contribution in [1.29, 1.82) is 0 Å². The van der Waals surface area contributed by atoms with Crippen molar-refractivity contribution in [3.63, 3.8) is 0 Å². The fourth-order valence-corrected chi connectivity index (χ4v) is 3.06. The largest absolute Gasteiger partial charge is 0.478 e. The Labute approximate surface area is 121 Å². The lowest BCUT2D eigenvalue weighted by Crippen LogP contribution is -2.61. The van der Waals surface area contributed by atoms with Crippen molar-refractivity contribution in [3.8, 4) is 0 Å². The lowest BCUT2D eigenvalue weighted by atomic mass is 9.99. The highest BCUT2D eigenvalue weighted by molar-refractivity contribution is 7.12. The van der Waals surface area contributed by atoms with Crippen LogP contribution in [0.5, 0.6) is 0 Å². The molecule has 1 aliphatic rings. The van der Waals surface area contributed by atoms with Crippen LogP contribution in [0.25, 0.3) is 6.08 Å². The summed E-state index contributed by atoms with van der Waals surface area (Å²) < 4.78 is 0. The summed E-state index contributed by atoms with van der Waals surface area (Å²) in [6, 6.07) is 3.88. The zero-order valence-electron chi connectivity index (χ0n) is 11.5. The Morgan fingerprint density at radius 1 is 1.55 bits per heavy atom. The Hall–Kier alpha value is -1.66. The first-order chi connectivity index (χ1) is 9.39. The highest BCUT2D eigenvalue weighted by Gasteiger charge is 2.37. The molecular weight excluding hydrogens is 276 g/mol. The Bertz CT molecular complexity index is 548. The smallest absolute Gasteiger partial charge is 0.328 e. The minimum Gasteiger partial charge on any atom is -0.478 e.